The second-order valence-corrected chi connectivity index (χ2v) is 8.04. The lowest BCUT2D eigenvalue weighted by Gasteiger charge is -2.20. The Balaban J connectivity index is 1.78. The van der Waals surface area contributed by atoms with Crippen molar-refractivity contribution in [3.8, 4) is 0 Å². The number of rotatable bonds is 5. The molecule has 1 saturated heterocycles. The van der Waals surface area contributed by atoms with Crippen molar-refractivity contribution in [1.82, 2.24) is 14.5 Å². The van der Waals surface area contributed by atoms with E-state index in [0.717, 1.165) is 18.5 Å². The van der Waals surface area contributed by atoms with Gasteiger partial charge in [0.15, 0.2) is 0 Å². The first kappa shape index (κ1) is 17.9. The fourth-order valence-electron chi connectivity index (χ4n) is 2.60. The van der Waals surface area contributed by atoms with Gasteiger partial charge in [-0.25, -0.2) is 12.7 Å². The lowest BCUT2D eigenvalue weighted by Crippen LogP contribution is -2.39. The van der Waals surface area contributed by atoms with E-state index in [-0.39, 0.29) is 5.91 Å². The van der Waals surface area contributed by atoms with Gasteiger partial charge in [0, 0.05) is 26.2 Å². The number of carbonyl (C=O) groups excluding carboxylic acids is 1. The number of nitrogens with one attached hydrogen (secondary N) is 1. The molecule has 1 aliphatic rings. The second kappa shape index (κ2) is 7.90. The highest BCUT2D eigenvalue weighted by molar-refractivity contribution is 7.88. The number of hydrogen-bond donors (Lipinski definition) is 1. The third kappa shape index (κ3) is 5.93. The molecule has 0 bridgehead atoms. The maximum atomic E-state index is 12.1. The zero-order valence-electron chi connectivity index (χ0n) is 13.8. The Kier molecular flexibility index (Phi) is 6.15. The molecule has 0 aromatic heterocycles. The molecule has 1 N–H and O–H groups in total. The minimum atomic E-state index is -3.14. The Labute approximate surface area is 138 Å². The Morgan fingerprint density at radius 3 is 2.48 bits per heavy atom. The van der Waals surface area contributed by atoms with E-state index in [9.17, 15) is 13.2 Å². The third-order valence-corrected chi connectivity index (χ3v) is 5.30. The van der Waals surface area contributed by atoms with Crippen molar-refractivity contribution in [2.75, 3.05) is 39.0 Å². The molecule has 0 spiro atoms. The van der Waals surface area contributed by atoms with E-state index in [2.05, 4.69) is 5.32 Å². The quantitative estimate of drug-likeness (QED) is 0.852. The zero-order chi connectivity index (χ0) is 16.9. The van der Waals surface area contributed by atoms with E-state index in [1.807, 2.05) is 36.1 Å². The normalized spacial score (nSPS) is 17.7. The SMILES string of the molecule is Cc1ccc(CNC(=O)CN2CCCN(S(C)(=O)=O)CC2)cc1. The molecule has 6 nitrogen and oxygen atoms in total. The summed E-state index contributed by atoms with van der Waals surface area (Å²) < 4.78 is 24.6. The molecular formula is C16H25N3O3S. The first-order valence-corrected chi connectivity index (χ1v) is 9.69. The van der Waals surface area contributed by atoms with Crippen LogP contribution in [0.25, 0.3) is 0 Å². The van der Waals surface area contributed by atoms with Gasteiger partial charge in [0.1, 0.15) is 0 Å². The molecule has 1 aliphatic heterocycles. The topological polar surface area (TPSA) is 69.7 Å². The van der Waals surface area contributed by atoms with Gasteiger partial charge in [-0.05, 0) is 25.5 Å². The molecule has 0 radical (unpaired) electrons. The molecule has 2 rings (SSSR count). The molecule has 0 saturated carbocycles. The van der Waals surface area contributed by atoms with Gasteiger partial charge >= 0.3 is 0 Å². The van der Waals surface area contributed by atoms with Crippen LogP contribution < -0.4 is 5.32 Å². The maximum Gasteiger partial charge on any atom is 0.234 e. The van der Waals surface area contributed by atoms with E-state index >= 15 is 0 Å². The number of hydrogen-bond acceptors (Lipinski definition) is 4. The Bertz CT molecular complexity index is 628. The van der Waals surface area contributed by atoms with E-state index in [0.29, 0.717) is 32.7 Å². The molecule has 7 heteroatoms. The van der Waals surface area contributed by atoms with Gasteiger partial charge in [-0.3, -0.25) is 9.69 Å². The standard InChI is InChI=1S/C16H25N3O3S/c1-14-4-6-15(7-5-14)12-17-16(20)13-18-8-3-9-19(11-10-18)23(2,21)22/h4-7H,3,8-13H2,1-2H3,(H,17,20). The summed E-state index contributed by atoms with van der Waals surface area (Å²) >= 11 is 0. The number of sulfonamides is 1. The maximum absolute atomic E-state index is 12.1. The van der Waals surface area contributed by atoms with Crippen LogP contribution in [0.5, 0.6) is 0 Å². The van der Waals surface area contributed by atoms with Gasteiger partial charge in [0.25, 0.3) is 0 Å². The minimum Gasteiger partial charge on any atom is -0.351 e. The monoisotopic (exact) mass is 339 g/mol. The van der Waals surface area contributed by atoms with Gasteiger partial charge in [-0.2, -0.15) is 0 Å². The zero-order valence-corrected chi connectivity index (χ0v) is 14.6. The lowest BCUT2D eigenvalue weighted by molar-refractivity contribution is -0.122. The van der Waals surface area contributed by atoms with Crippen molar-refractivity contribution in [1.29, 1.82) is 0 Å². The van der Waals surface area contributed by atoms with Crippen molar-refractivity contribution in [3.05, 3.63) is 35.4 Å². The fourth-order valence-corrected chi connectivity index (χ4v) is 3.48. The highest BCUT2D eigenvalue weighted by Gasteiger charge is 2.22. The van der Waals surface area contributed by atoms with Crippen LogP contribution in [0.15, 0.2) is 24.3 Å². The summed E-state index contributed by atoms with van der Waals surface area (Å²) in [4.78, 5) is 14.1. The van der Waals surface area contributed by atoms with Crippen molar-refractivity contribution < 1.29 is 13.2 Å². The smallest absolute Gasteiger partial charge is 0.234 e. The molecular weight excluding hydrogens is 314 g/mol. The van der Waals surface area contributed by atoms with Gasteiger partial charge < -0.3 is 5.32 Å². The summed E-state index contributed by atoms with van der Waals surface area (Å²) in [5.41, 5.74) is 2.27. The average molecular weight is 339 g/mol. The van der Waals surface area contributed by atoms with Crippen LogP contribution in [0.3, 0.4) is 0 Å². The molecule has 0 atom stereocenters. The number of benzene rings is 1. The summed E-state index contributed by atoms with van der Waals surface area (Å²) in [7, 11) is -3.14. The molecule has 1 aromatic carbocycles. The highest BCUT2D eigenvalue weighted by atomic mass is 32.2. The summed E-state index contributed by atoms with van der Waals surface area (Å²) in [5, 5.41) is 2.92. The van der Waals surface area contributed by atoms with Crippen LogP contribution in [-0.2, 0) is 21.4 Å². The Morgan fingerprint density at radius 2 is 1.83 bits per heavy atom. The highest BCUT2D eigenvalue weighted by Crippen LogP contribution is 2.07. The van der Waals surface area contributed by atoms with Crippen molar-refractivity contribution in [3.63, 3.8) is 0 Å². The first-order chi connectivity index (χ1) is 10.8. The summed E-state index contributed by atoms with van der Waals surface area (Å²) in [6.45, 7) is 5.16. The molecule has 1 fully saturated rings. The van der Waals surface area contributed by atoms with Crippen molar-refractivity contribution in [2.24, 2.45) is 0 Å². The summed E-state index contributed by atoms with van der Waals surface area (Å²) in [6, 6.07) is 8.06. The van der Waals surface area contributed by atoms with Gasteiger partial charge in [0.2, 0.25) is 15.9 Å². The summed E-state index contributed by atoms with van der Waals surface area (Å²) in [5.74, 6) is -0.0293. The van der Waals surface area contributed by atoms with E-state index in [4.69, 9.17) is 0 Å². The van der Waals surface area contributed by atoms with Crippen molar-refractivity contribution in [2.45, 2.75) is 19.9 Å². The van der Waals surface area contributed by atoms with E-state index < -0.39 is 10.0 Å². The number of amides is 1. The first-order valence-electron chi connectivity index (χ1n) is 7.84. The Morgan fingerprint density at radius 1 is 1.13 bits per heavy atom. The molecule has 128 valence electrons. The van der Waals surface area contributed by atoms with E-state index in [1.165, 1.54) is 16.1 Å². The molecule has 0 aliphatic carbocycles. The molecule has 1 aromatic rings. The fraction of sp³-hybridized carbons (Fsp3) is 0.562. The largest absolute Gasteiger partial charge is 0.351 e. The van der Waals surface area contributed by atoms with Crippen LogP contribution in [0.1, 0.15) is 17.5 Å². The summed E-state index contributed by atoms with van der Waals surface area (Å²) in [6.07, 6.45) is 1.98. The predicted molar refractivity (Wildman–Crippen MR) is 90.5 cm³/mol. The number of carbonyl (C=O) groups is 1. The van der Waals surface area contributed by atoms with E-state index in [1.54, 1.807) is 0 Å². The van der Waals surface area contributed by atoms with Gasteiger partial charge in [0.05, 0.1) is 12.8 Å². The molecule has 23 heavy (non-hydrogen) atoms. The van der Waals surface area contributed by atoms with Crippen LogP contribution in [-0.4, -0.2) is 62.5 Å². The predicted octanol–water partition coefficient (Wildman–Crippen LogP) is 0.579. The number of aryl methyl sites for hydroxylation is 1. The average Bonchev–Trinajstić information content (AvgIpc) is 2.72. The Hall–Kier alpha value is -1.44. The molecule has 1 amide bonds. The van der Waals surface area contributed by atoms with Crippen LogP contribution >= 0.6 is 0 Å². The van der Waals surface area contributed by atoms with Crippen LogP contribution in [0.2, 0.25) is 0 Å². The minimum absolute atomic E-state index is 0.0293. The van der Waals surface area contributed by atoms with Crippen molar-refractivity contribution >= 4 is 15.9 Å². The van der Waals surface area contributed by atoms with Crippen LogP contribution in [0, 0.1) is 6.92 Å². The van der Waals surface area contributed by atoms with Crippen LogP contribution in [0.4, 0.5) is 0 Å². The molecule has 1 heterocycles. The van der Waals surface area contributed by atoms with Gasteiger partial charge in [-0.15, -0.1) is 0 Å². The van der Waals surface area contributed by atoms with Gasteiger partial charge in [-0.1, -0.05) is 29.8 Å². The molecule has 0 unspecified atom stereocenters. The third-order valence-electron chi connectivity index (χ3n) is 3.99. The number of nitrogens with zero attached hydrogens (tertiary/aromatic N) is 2. The lowest BCUT2D eigenvalue weighted by atomic mass is 10.1. The second-order valence-electron chi connectivity index (χ2n) is 6.05.